The Kier molecular flexibility index (Phi) is 3.95. The summed E-state index contributed by atoms with van der Waals surface area (Å²) in [6, 6.07) is 0. The van der Waals surface area contributed by atoms with Crippen LogP contribution in [-0.2, 0) is 10.0 Å². The van der Waals surface area contributed by atoms with Gasteiger partial charge in [-0.2, -0.15) is 0 Å². The first-order valence-electron chi connectivity index (χ1n) is 5.80. The minimum atomic E-state index is -3.81. The van der Waals surface area contributed by atoms with Crippen molar-refractivity contribution in [3.8, 4) is 0 Å². The van der Waals surface area contributed by atoms with Gasteiger partial charge in [0.1, 0.15) is 9.77 Å². The van der Waals surface area contributed by atoms with Crippen LogP contribution in [0.5, 0.6) is 0 Å². The van der Waals surface area contributed by atoms with Crippen molar-refractivity contribution in [1.82, 2.24) is 4.72 Å². The van der Waals surface area contributed by atoms with Crippen LogP contribution in [0, 0.1) is 12.8 Å². The standard InChI is InChI=1S/C11H15NO5S2/c1-6-5-18-9(11(14)15)10(6)19(16,17)12-4-7-2-8(13)3-7/h5,7-8,12-13H,2-4H2,1H3,(H,14,15). The summed E-state index contributed by atoms with van der Waals surface area (Å²) in [5.74, 6) is -1.12. The lowest BCUT2D eigenvalue weighted by Crippen LogP contribution is -2.38. The molecule has 1 aliphatic rings. The van der Waals surface area contributed by atoms with Crippen molar-refractivity contribution in [1.29, 1.82) is 0 Å². The molecule has 0 aromatic carbocycles. The summed E-state index contributed by atoms with van der Waals surface area (Å²) in [5, 5.41) is 19.7. The van der Waals surface area contributed by atoms with E-state index in [9.17, 15) is 13.2 Å². The number of carboxylic acids is 1. The molecule has 0 unspecified atom stereocenters. The van der Waals surface area contributed by atoms with E-state index in [0.717, 1.165) is 11.3 Å². The Bertz CT molecular complexity index is 586. The van der Waals surface area contributed by atoms with Crippen LogP contribution in [0.15, 0.2) is 10.3 Å². The number of sulfonamides is 1. The van der Waals surface area contributed by atoms with Gasteiger partial charge >= 0.3 is 5.97 Å². The summed E-state index contributed by atoms with van der Waals surface area (Å²) < 4.78 is 26.7. The molecule has 1 saturated carbocycles. The van der Waals surface area contributed by atoms with E-state index in [1.165, 1.54) is 5.38 Å². The Labute approximate surface area is 115 Å². The molecular formula is C11H15NO5S2. The van der Waals surface area contributed by atoms with Gasteiger partial charge in [0.15, 0.2) is 0 Å². The average Bonchev–Trinajstić information content (AvgIpc) is 2.66. The van der Waals surface area contributed by atoms with Crippen LogP contribution >= 0.6 is 11.3 Å². The first-order valence-corrected chi connectivity index (χ1v) is 8.16. The molecule has 6 nitrogen and oxygen atoms in total. The quantitative estimate of drug-likeness (QED) is 0.746. The maximum Gasteiger partial charge on any atom is 0.347 e. The molecule has 19 heavy (non-hydrogen) atoms. The third-order valence-electron chi connectivity index (χ3n) is 3.15. The zero-order valence-electron chi connectivity index (χ0n) is 10.3. The third-order valence-corrected chi connectivity index (χ3v) is 5.98. The van der Waals surface area contributed by atoms with E-state index in [-0.39, 0.29) is 28.3 Å². The minimum Gasteiger partial charge on any atom is -0.477 e. The number of rotatable bonds is 5. The third kappa shape index (κ3) is 2.97. The summed E-state index contributed by atoms with van der Waals surface area (Å²) in [6.07, 6.45) is 0.820. The number of nitrogens with one attached hydrogen (secondary N) is 1. The van der Waals surface area contributed by atoms with E-state index in [2.05, 4.69) is 4.72 Å². The van der Waals surface area contributed by atoms with Crippen molar-refractivity contribution in [2.75, 3.05) is 6.54 Å². The molecule has 3 N–H and O–H groups in total. The number of aliphatic hydroxyl groups excluding tert-OH is 1. The SMILES string of the molecule is Cc1csc(C(=O)O)c1S(=O)(=O)NCC1CC(O)C1. The molecule has 0 aliphatic heterocycles. The van der Waals surface area contributed by atoms with E-state index < -0.39 is 16.0 Å². The molecule has 0 bridgehead atoms. The van der Waals surface area contributed by atoms with Gasteiger partial charge in [-0.1, -0.05) is 0 Å². The van der Waals surface area contributed by atoms with Crippen molar-refractivity contribution in [2.24, 2.45) is 5.92 Å². The molecule has 0 spiro atoms. The molecule has 1 aromatic heterocycles. The molecule has 1 aromatic rings. The van der Waals surface area contributed by atoms with E-state index in [1.807, 2.05) is 0 Å². The second-order valence-electron chi connectivity index (χ2n) is 4.73. The highest BCUT2D eigenvalue weighted by atomic mass is 32.2. The number of hydrogen-bond donors (Lipinski definition) is 3. The van der Waals surface area contributed by atoms with Crippen molar-refractivity contribution >= 4 is 27.3 Å². The lowest BCUT2D eigenvalue weighted by molar-refractivity contribution is 0.0453. The molecule has 1 fully saturated rings. The summed E-state index contributed by atoms with van der Waals surface area (Å²) in [4.78, 5) is 10.7. The van der Waals surface area contributed by atoms with Crippen LogP contribution in [0.3, 0.4) is 0 Å². The first-order chi connectivity index (χ1) is 8.81. The second kappa shape index (κ2) is 5.20. The van der Waals surface area contributed by atoms with Gasteiger partial charge in [0, 0.05) is 6.54 Å². The Morgan fingerprint density at radius 1 is 1.53 bits per heavy atom. The highest BCUT2D eigenvalue weighted by Gasteiger charge is 2.31. The Balaban J connectivity index is 2.15. The molecule has 106 valence electrons. The van der Waals surface area contributed by atoms with Crippen molar-refractivity contribution in [2.45, 2.75) is 30.8 Å². The number of aryl methyl sites for hydroxylation is 1. The fraction of sp³-hybridized carbons (Fsp3) is 0.545. The number of aliphatic hydroxyl groups is 1. The molecule has 2 rings (SSSR count). The van der Waals surface area contributed by atoms with Gasteiger partial charge in [-0.15, -0.1) is 11.3 Å². The van der Waals surface area contributed by atoms with E-state index in [0.29, 0.717) is 18.4 Å². The van der Waals surface area contributed by atoms with Gasteiger partial charge < -0.3 is 10.2 Å². The minimum absolute atomic E-state index is 0.122. The molecule has 0 radical (unpaired) electrons. The van der Waals surface area contributed by atoms with Crippen LogP contribution in [0.2, 0.25) is 0 Å². The fourth-order valence-corrected chi connectivity index (χ4v) is 4.82. The molecule has 0 atom stereocenters. The fourth-order valence-electron chi connectivity index (χ4n) is 2.08. The van der Waals surface area contributed by atoms with Crippen LogP contribution in [0.4, 0.5) is 0 Å². The predicted molar refractivity (Wildman–Crippen MR) is 69.9 cm³/mol. The molecule has 1 heterocycles. The normalized spacial score (nSPS) is 23.1. The Morgan fingerprint density at radius 2 is 2.16 bits per heavy atom. The topological polar surface area (TPSA) is 104 Å². The monoisotopic (exact) mass is 305 g/mol. The first kappa shape index (κ1) is 14.4. The number of aromatic carboxylic acids is 1. The van der Waals surface area contributed by atoms with Crippen molar-refractivity contribution in [3.05, 3.63) is 15.8 Å². The number of thiophene rings is 1. The number of hydrogen-bond acceptors (Lipinski definition) is 5. The maximum atomic E-state index is 12.1. The average molecular weight is 305 g/mol. The van der Waals surface area contributed by atoms with Crippen LogP contribution in [-0.4, -0.2) is 37.2 Å². The Morgan fingerprint density at radius 3 is 2.68 bits per heavy atom. The number of carboxylic acid groups (broad SMARTS) is 1. The number of carbonyl (C=O) groups is 1. The Hall–Kier alpha value is -0.960. The van der Waals surface area contributed by atoms with Crippen molar-refractivity contribution in [3.63, 3.8) is 0 Å². The van der Waals surface area contributed by atoms with Gasteiger partial charge in [0.25, 0.3) is 0 Å². The van der Waals surface area contributed by atoms with Gasteiger partial charge in [0.2, 0.25) is 10.0 Å². The summed E-state index contributed by atoms with van der Waals surface area (Å²) in [7, 11) is -3.81. The van der Waals surface area contributed by atoms with E-state index >= 15 is 0 Å². The van der Waals surface area contributed by atoms with Crippen LogP contribution in [0.25, 0.3) is 0 Å². The van der Waals surface area contributed by atoms with Crippen LogP contribution < -0.4 is 4.72 Å². The zero-order valence-corrected chi connectivity index (χ0v) is 11.9. The van der Waals surface area contributed by atoms with E-state index in [1.54, 1.807) is 6.92 Å². The van der Waals surface area contributed by atoms with Gasteiger partial charge in [0.05, 0.1) is 6.10 Å². The molecule has 8 heteroatoms. The lowest BCUT2D eigenvalue weighted by atomic mass is 9.83. The maximum absolute atomic E-state index is 12.1. The smallest absolute Gasteiger partial charge is 0.347 e. The summed E-state index contributed by atoms with van der Waals surface area (Å²) in [5.41, 5.74) is 0.434. The van der Waals surface area contributed by atoms with Gasteiger partial charge in [-0.25, -0.2) is 17.9 Å². The highest BCUT2D eigenvalue weighted by molar-refractivity contribution is 7.89. The van der Waals surface area contributed by atoms with Crippen LogP contribution in [0.1, 0.15) is 28.1 Å². The molecule has 0 saturated heterocycles. The predicted octanol–water partition coefficient (Wildman–Crippen LogP) is 0.804. The lowest BCUT2D eigenvalue weighted by Gasteiger charge is -2.31. The second-order valence-corrected chi connectivity index (χ2v) is 7.31. The summed E-state index contributed by atoms with van der Waals surface area (Å²) in [6.45, 7) is 1.80. The summed E-state index contributed by atoms with van der Waals surface area (Å²) >= 11 is 0.907. The van der Waals surface area contributed by atoms with Crippen molar-refractivity contribution < 1.29 is 23.4 Å². The molecule has 0 amide bonds. The molecule has 1 aliphatic carbocycles. The molecular weight excluding hydrogens is 290 g/mol. The van der Waals surface area contributed by atoms with E-state index in [4.69, 9.17) is 10.2 Å². The zero-order chi connectivity index (χ0) is 14.2. The van der Waals surface area contributed by atoms with Gasteiger partial charge in [-0.3, -0.25) is 0 Å². The van der Waals surface area contributed by atoms with Gasteiger partial charge in [-0.05, 0) is 36.6 Å². The largest absolute Gasteiger partial charge is 0.477 e. The highest BCUT2D eigenvalue weighted by Crippen LogP contribution is 2.29.